The van der Waals surface area contributed by atoms with Crippen molar-refractivity contribution in [1.82, 2.24) is 14.9 Å². The van der Waals surface area contributed by atoms with E-state index in [-0.39, 0.29) is 27.7 Å². The van der Waals surface area contributed by atoms with Crippen molar-refractivity contribution < 1.29 is 13.3 Å². The number of piperazine rings is 1. The summed E-state index contributed by atoms with van der Waals surface area (Å²) in [6.07, 6.45) is 5.29. The number of sulfonamides is 1. The first kappa shape index (κ1) is 37.4. The van der Waals surface area contributed by atoms with Crippen LogP contribution in [0.1, 0.15) is 31.2 Å². The van der Waals surface area contributed by atoms with Gasteiger partial charge in [-0.25, -0.2) is 18.4 Å². The van der Waals surface area contributed by atoms with Crippen LogP contribution in [0.5, 0.6) is 0 Å². The number of nitrogens with zero attached hydrogens (tertiary/aromatic N) is 5. The number of nitro benzene ring substituents is 1. The zero-order chi connectivity index (χ0) is 38.5. The van der Waals surface area contributed by atoms with Gasteiger partial charge in [0.25, 0.3) is 15.7 Å². The minimum Gasteiger partial charge on any atom is -0.376 e. The molecule has 8 rings (SSSR count). The minimum atomic E-state index is -4.24. The van der Waals surface area contributed by atoms with Gasteiger partial charge in [0.2, 0.25) is 0 Å². The number of rotatable bonds is 12. The average Bonchev–Trinajstić information content (AvgIpc) is 3.22. The van der Waals surface area contributed by atoms with Crippen molar-refractivity contribution >= 4 is 55.6 Å². The number of aromatic nitrogens is 2. The fourth-order valence-electron chi connectivity index (χ4n) is 7.70. The Morgan fingerprint density at radius 2 is 1.54 bits per heavy atom. The van der Waals surface area contributed by atoms with Crippen LogP contribution in [0.15, 0.2) is 137 Å². The molecular weight excluding hydrogens is 743 g/mol. The molecule has 0 spiro atoms. The van der Waals surface area contributed by atoms with Gasteiger partial charge in [-0.2, -0.15) is 0 Å². The topological polar surface area (TPSA) is 134 Å². The van der Waals surface area contributed by atoms with Crippen molar-refractivity contribution in [3.05, 3.63) is 143 Å². The van der Waals surface area contributed by atoms with Crippen molar-refractivity contribution in [2.24, 2.45) is 0 Å². The number of anilines is 3. The molecule has 0 amide bonds. The lowest BCUT2D eigenvalue weighted by Gasteiger charge is -2.36. The molecule has 0 unspecified atom stereocenters. The first-order valence-electron chi connectivity index (χ1n) is 19.0. The monoisotopic (exact) mass is 785 g/mol. The zero-order valence-corrected chi connectivity index (χ0v) is 32.5. The van der Waals surface area contributed by atoms with E-state index in [4.69, 9.17) is 0 Å². The summed E-state index contributed by atoms with van der Waals surface area (Å²) in [5.74, 6) is 0.108. The van der Waals surface area contributed by atoms with Crippen LogP contribution in [0, 0.1) is 10.1 Å². The Labute approximate surface area is 331 Å². The predicted molar refractivity (Wildman–Crippen MR) is 225 cm³/mol. The first-order valence-corrected chi connectivity index (χ1v) is 21.3. The largest absolute Gasteiger partial charge is 0.376 e. The SMILES string of the molecule is O=[N+]([O-])c1cc(S(=O)(=O)Nc2ncnc3cc(N4CCN(Cc5ccccc5-c5ccccc5)CC4)ccc23)ccc1N[C@@H]1CCCC[C@@H]1Sc1ccccc1. The van der Waals surface area contributed by atoms with Gasteiger partial charge < -0.3 is 10.2 Å². The summed E-state index contributed by atoms with van der Waals surface area (Å²) in [4.78, 5) is 26.2. The number of benzene rings is 5. The zero-order valence-electron chi connectivity index (χ0n) is 30.8. The number of nitrogens with one attached hydrogen (secondary N) is 2. The molecule has 0 radical (unpaired) electrons. The standard InChI is InChI=1S/C43H43N7O4S2/c51-50(52)41-28-35(20-22-38(41)46-39-17-9-10-18-42(39)55-34-14-5-2-6-15-34)56(53,54)47-43-37-21-19-33(27-40(37)44-30-45-43)49-25-23-48(24-26-49)29-32-13-7-8-16-36(32)31-11-3-1-4-12-31/h1-8,11-16,19-22,27-28,30,39,42,46H,9-10,17-18,23-26,29H2,(H,44,45,47)/t39-,42+/m1/s1. The fourth-order valence-corrected chi connectivity index (χ4v) is 10.1. The normalized spacial score (nSPS) is 17.8. The maximum absolute atomic E-state index is 13.7. The van der Waals surface area contributed by atoms with Crippen molar-refractivity contribution in [2.75, 3.05) is 41.1 Å². The molecule has 11 nitrogen and oxygen atoms in total. The Bertz CT molecular complexity index is 2430. The van der Waals surface area contributed by atoms with Gasteiger partial charge in [-0.1, -0.05) is 85.6 Å². The molecule has 1 saturated carbocycles. The number of fused-ring (bicyclic) bond motifs is 1. The highest BCUT2D eigenvalue weighted by Gasteiger charge is 2.30. The van der Waals surface area contributed by atoms with Crippen LogP contribution in [-0.2, 0) is 16.6 Å². The van der Waals surface area contributed by atoms with E-state index in [1.165, 1.54) is 35.2 Å². The molecule has 6 aromatic rings. The van der Waals surface area contributed by atoms with E-state index >= 15 is 0 Å². The Morgan fingerprint density at radius 1 is 0.804 bits per heavy atom. The van der Waals surface area contributed by atoms with Gasteiger partial charge >= 0.3 is 0 Å². The van der Waals surface area contributed by atoms with Crippen LogP contribution in [0.3, 0.4) is 0 Å². The molecule has 1 aliphatic heterocycles. The quantitative estimate of drug-likeness (QED) is 0.0916. The van der Waals surface area contributed by atoms with Gasteiger partial charge in [0.05, 0.1) is 15.3 Å². The van der Waals surface area contributed by atoms with Gasteiger partial charge in [0.15, 0.2) is 5.82 Å². The molecule has 0 bridgehead atoms. The van der Waals surface area contributed by atoms with Gasteiger partial charge in [-0.3, -0.25) is 19.7 Å². The molecule has 56 heavy (non-hydrogen) atoms. The predicted octanol–water partition coefficient (Wildman–Crippen LogP) is 8.84. The minimum absolute atomic E-state index is 0.00295. The fraction of sp³-hybridized carbons (Fsp3) is 0.256. The lowest BCUT2D eigenvalue weighted by atomic mass is 9.94. The van der Waals surface area contributed by atoms with Crippen LogP contribution in [0.25, 0.3) is 22.0 Å². The molecule has 286 valence electrons. The van der Waals surface area contributed by atoms with E-state index in [1.807, 2.05) is 42.5 Å². The highest BCUT2D eigenvalue weighted by Crippen LogP contribution is 2.38. The third kappa shape index (κ3) is 8.49. The van der Waals surface area contributed by atoms with Gasteiger partial charge in [-0.05, 0) is 72.0 Å². The molecular formula is C43H43N7O4S2. The van der Waals surface area contributed by atoms with Gasteiger partial charge in [0, 0.05) is 66.1 Å². The highest BCUT2D eigenvalue weighted by molar-refractivity contribution is 8.00. The molecule has 5 aromatic carbocycles. The molecule has 2 fully saturated rings. The van der Waals surface area contributed by atoms with Gasteiger partial charge in [-0.15, -0.1) is 11.8 Å². The molecule has 13 heteroatoms. The number of nitro groups is 1. The van der Waals surface area contributed by atoms with E-state index in [0.717, 1.165) is 75.1 Å². The smallest absolute Gasteiger partial charge is 0.293 e. The average molecular weight is 786 g/mol. The van der Waals surface area contributed by atoms with E-state index < -0.39 is 14.9 Å². The maximum Gasteiger partial charge on any atom is 0.293 e. The van der Waals surface area contributed by atoms with E-state index in [2.05, 4.69) is 90.5 Å². The molecule has 2 aliphatic rings. The summed E-state index contributed by atoms with van der Waals surface area (Å²) in [5.41, 5.74) is 5.38. The molecule has 1 saturated heterocycles. The third-order valence-electron chi connectivity index (χ3n) is 10.6. The van der Waals surface area contributed by atoms with Crippen molar-refractivity contribution in [3.63, 3.8) is 0 Å². The first-order chi connectivity index (χ1) is 27.3. The Morgan fingerprint density at radius 3 is 2.32 bits per heavy atom. The van der Waals surface area contributed by atoms with Crippen molar-refractivity contribution in [2.45, 2.75) is 53.3 Å². The Kier molecular flexibility index (Phi) is 11.2. The van der Waals surface area contributed by atoms with E-state index in [0.29, 0.717) is 16.6 Å². The molecule has 2 heterocycles. The maximum atomic E-state index is 13.7. The molecule has 2 N–H and O–H groups in total. The summed E-state index contributed by atoms with van der Waals surface area (Å²) in [6.45, 7) is 4.32. The summed E-state index contributed by atoms with van der Waals surface area (Å²) in [5, 5.41) is 16.5. The number of hydrogen-bond acceptors (Lipinski definition) is 10. The van der Waals surface area contributed by atoms with Gasteiger partial charge in [0.1, 0.15) is 12.0 Å². The Balaban J connectivity index is 0.943. The lowest BCUT2D eigenvalue weighted by molar-refractivity contribution is -0.384. The van der Waals surface area contributed by atoms with E-state index in [9.17, 15) is 18.5 Å². The summed E-state index contributed by atoms with van der Waals surface area (Å²) in [6, 6.07) is 38.9. The summed E-state index contributed by atoms with van der Waals surface area (Å²) in [7, 11) is -4.24. The van der Waals surface area contributed by atoms with Crippen LogP contribution >= 0.6 is 11.8 Å². The van der Waals surface area contributed by atoms with Crippen molar-refractivity contribution in [1.29, 1.82) is 0 Å². The number of thioether (sulfide) groups is 1. The molecule has 2 atom stereocenters. The molecule has 1 aromatic heterocycles. The summed E-state index contributed by atoms with van der Waals surface area (Å²) >= 11 is 1.77. The Hall–Kier alpha value is -5.50. The van der Waals surface area contributed by atoms with Crippen LogP contribution < -0.4 is 14.9 Å². The summed E-state index contributed by atoms with van der Waals surface area (Å²) < 4.78 is 30.0. The highest BCUT2D eigenvalue weighted by atomic mass is 32.2. The van der Waals surface area contributed by atoms with E-state index in [1.54, 1.807) is 11.8 Å². The second-order valence-electron chi connectivity index (χ2n) is 14.3. The second kappa shape index (κ2) is 16.7. The second-order valence-corrected chi connectivity index (χ2v) is 17.3. The van der Waals surface area contributed by atoms with Crippen LogP contribution in [-0.4, -0.2) is 65.7 Å². The molecule has 1 aliphatic carbocycles. The lowest BCUT2D eigenvalue weighted by Crippen LogP contribution is -2.46. The number of hydrogen-bond donors (Lipinski definition) is 2. The third-order valence-corrected chi connectivity index (χ3v) is 13.4. The van der Waals surface area contributed by atoms with Crippen molar-refractivity contribution in [3.8, 4) is 11.1 Å². The van der Waals surface area contributed by atoms with Crippen LogP contribution in [0.2, 0.25) is 0 Å². The van der Waals surface area contributed by atoms with Crippen LogP contribution in [0.4, 0.5) is 22.9 Å².